The summed E-state index contributed by atoms with van der Waals surface area (Å²) in [6, 6.07) is 85.2. The van der Waals surface area contributed by atoms with Crippen molar-refractivity contribution in [3.8, 4) is 11.5 Å². The lowest BCUT2D eigenvalue weighted by atomic mass is 9.99. The van der Waals surface area contributed by atoms with E-state index >= 15 is 0 Å². The van der Waals surface area contributed by atoms with Crippen LogP contribution >= 0.6 is 0 Å². The molecule has 62 heavy (non-hydrogen) atoms. The summed E-state index contributed by atoms with van der Waals surface area (Å²) in [4.78, 5) is 12.1. The molecule has 294 valence electrons. The van der Waals surface area contributed by atoms with Crippen LogP contribution in [0.3, 0.4) is 0 Å². The Morgan fingerprint density at radius 2 is 0.742 bits per heavy atom. The first-order valence-electron chi connectivity index (χ1n) is 20.9. The van der Waals surface area contributed by atoms with E-state index in [0.29, 0.717) is 5.89 Å². The monoisotopic (exact) mass is 796 g/mol. The third-order valence-electron chi connectivity index (χ3n) is 11.4. The molecule has 0 aliphatic heterocycles. The van der Waals surface area contributed by atoms with Crippen molar-refractivity contribution < 1.29 is 4.42 Å². The van der Waals surface area contributed by atoms with Gasteiger partial charge in [-0.15, -0.1) is 0 Å². The molecule has 5 heteroatoms. The molecule has 0 fully saturated rings. The van der Waals surface area contributed by atoms with Crippen molar-refractivity contribution in [1.29, 1.82) is 0 Å². The van der Waals surface area contributed by atoms with Crippen LogP contribution < -0.4 is 14.7 Å². The SMILES string of the molecule is c1ccc(-c2nc3c(ccc4ccc5c(N(c6ccccc6)c6cccc(N(c7ccccc7)c7cccc(N(c8ccccc8)c8ccccc8)c7)c6)cccc5c43)o2)cc1. The molecule has 11 aromatic rings. The highest BCUT2D eigenvalue weighted by Gasteiger charge is 2.22. The Kier molecular flexibility index (Phi) is 9.45. The summed E-state index contributed by atoms with van der Waals surface area (Å²) in [7, 11) is 0. The van der Waals surface area contributed by atoms with Gasteiger partial charge in [-0.3, -0.25) is 0 Å². The fourth-order valence-electron chi connectivity index (χ4n) is 8.62. The van der Waals surface area contributed by atoms with Crippen molar-refractivity contribution in [2.75, 3.05) is 14.7 Å². The number of rotatable bonds is 10. The van der Waals surface area contributed by atoms with E-state index in [1.54, 1.807) is 0 Å². The number of anilines is 9. The van der Waals surface area contributed by atoms with E-state index in [4.69, 9.17) is 9.40 Å². The van der Waals surface area contributed by atoms with Crippen molar-refractivity contribution in [2.45, 2.75) is 0 Å². The first-order chi connectivity index (χ1) is 30.8. The van der Waals surface area contributed by atoms with Crippen LogP contribution in [-0.4, -0.2) is 4.98 Å². The summed E-state index contributed by atoms with van der Waals surface area (Å²) in [6.45, 7) is 0. The van der Waals surface area contributed by atoms with Gasteiger partial charge in [0.1, 0.15) is 5.52 Å². The minimum Gasteiger partial charge on any atom is -0.436 e. The number of hydrogen-bond donors (Lipinski definition) is 0. The van der Waals surface area contributed by atoms with Gasteiger partial charge in [-0.2, -0.15) is 0 Å². The van der Waals surface area contributed by atoms with Gasteiger partial charge < -0.3 is 19.1 Å². The van der Waals surface area contributed by atoms with Gasteiger partial charge in [-0.05, 0) is 120 Å². The Bertz CT molecular complexity index is 3260. The summed E-state index contributed by atoms with van der Waals surface area (Å²) in [5, 5.41) is 4.41. The highest BCUT2D eigenvalue weighted by molar-refractivity contribution is 6.21. The number of para-hydroxylation sites is 4. The van der Waals surface area contributed by atoms with E-state index < -0.39 is 0 Å². The molecule has 0 aliphatic carbocycles. The van der Waals surface area contributed by atoms with E-state index in [1.807, 2.05) is 36.4 Å². The maximum atomic E-state index is 6.37. The molecule has 0 radical (unpaired) electrons. The summed E-state index contributed by atoms with van der Waals surface area (Å²) in [5.74, 6) is 0.616. The van der Waals surface area contributed by atoms with Crippen LogP contribution in [0.4, 0.5) is 51.2 Å². The number of aromatic nitrogens is 1. The maximum Gasteiger partial charge on any atom is 0.227 e. The highest BCUT2D eigenvalue weighted by Crippen LogP contribution is 2.45. The lowest BCUT2D eigenvalue weighted by Gasteiger charge is -2.31. The summed E-state index contributed by atoms with van der Waals surface area (Å²) < 4.78 is 6.37. The molecule has 0 bridgehead atoms. The van der Waals surface area contributed by atoms with Gasteiger partial charge in [0.2, 0.25) is 5.89 Å². The summed E-state index contributed by atoms with van der Waals surface area (Å²) in [5.41, 5.74) is 12.1. The largest absolute Gasteiger partial charge is 0.436 e. The zero-order valence-corrected chi connectivity index (χ0v) is 33.8. The quantitative estimate of drug-likeness (QED) is 0.129. The van der Waals surface area contributed by atoms with Crippen molar-refractivity contribution in [1.82, 2.24) is 4.98 Å². The molecule has 0 aliphatic rings. The van der Waals surface area contributed by atoms with Crippen LogP contribution in [-0.2, 0) is 0 Å². The highest BCUT2D eigenvalue weighted by atomic mass is 16.3. The zero-order valence-electron chi connectivity index (χ0n) is 33.8. The van der Waals surface area contributed by atoms with Crippen molar-refractivity contribution in [3.05, 3.63) is 243 Å². The number of hydrogen-bond acceptors (Lipinski definition) is 5. The molecule has 5 nitrogen and oxygen atoms in total. The molecular formula is C57H40N4O. The molecule has 11 rings (SSSR count). The molecule has 0 unspecified atom stereocenters. The Labute approximate surface area is 360 Å². The average Bonchev–Trinajstić information content (AvgIpc) is 3.79. The number of oxazole rings is 1. The normalized spacial score (nSPS) is 11.2. The Balaban J connectivity index is 1.07. The molecule has 1 heterocycles. The minimum absolute atomic E-state index is 0.616. The summed E-state index contributed by atoms with van der Waals surface area (Å²) in [6.07, 6.45) is 0. The first-order valence-corrected chi connectivity index (χ1v) is 20.9. The molecular weight excluding hydrogens is 757 g/mol. The third kappa shape index (κ3) is 6.78. The predicted octanol–water partition coefficient (Wildman–Crippen LogP) is 16.2. The van der Waals surface area contributed by atoms with Crippen molar-refractivity contribution in [2.24, 2.45) is 0 Å². The fraction of sp³-hybridized carbons (Fsp3) is 0. The molecule has 1 aromatic heterocycles. The van der Waals surface area contributed by atoms with Gasteiger partial charge in [-0.1, -0.05) is 133 Å². The van der Waals surface area contributed by atoms with Crippen LogP contribution in [0, 0.1) is 0 Å². The van der Waals surface area contributed by atoms with E-state index in [0.717, 1.165) is 89.4 Å². The molecule has 10 aromatic carbocycles. The van der Waals surface area contributed by atoms with Crippen LogP contribution in [0.25, 0.3) is 44.1 Å². The molecule has 0 amide bonds. The van der Waals surface area contributed by atoms with E-state index in [9.17, 15) is 0 Å². The topological polar surface area (TPSA) is 35.8 Å². The molecule has 0 atom stereocenters. The van der Waals surface area contributed by atoms with Gasteiger partial charge >= 0.3 is 0 Å². The number of nitrogens with zero attached hydrogens (tertiary/aromatic N) is 4. The van der Waals surface area contributed by atoms with Gasteiger partial charge in [-0.25, -0.2) is 4.98 Å². The lowest BCUT2D eigenvalue weighted by Crippen LogP contribution is -2.14. The van der Waals surface area contributed by atoms with Gasteiger partial charge in [0.05, 0.1) is 5.69 Å². The Hall–Kier alpha value is -8.41. The standard InChI is InChI=1S/C57H40N4O/c1-6-19-42(20-7-1)57-58-56-54(62-57)38-36-41-35-37-51-52(55(41)56)33-18-34-53(51)61(46-27-14-5-15-28-46)50-32-17-31-49(40-50)60(45-25-12-4-13-26-45)48-30-16-29-47(39-48)59(43-21-8-2-9-22-43)44-23-10-3-11-24-44/h1-40H. The fourth-order valence-corrected chi connectivity index (χ4v) is 8.62. The summed E-state index contributed by atoms with van der Waals surface area (Å²) >= 11 is 0. The first kappa shape index (κ1) is 36.7. The van der Waals surface area contributed by atoms with Crippen LogP contribution in [0.15, 0.2) is 247 Å². The third-order valence-corrected chi connectivity index (χ3v) is 11.4. The molecule has 0 saturated carbocycles. The number of benzene rings is 10. The van der Waals surface area contributed by atoms with E-state index in [1.165, 1.54) is 0 Å². The van der Waals surface area contributed by atoms with Crippen LogP contribution in [0.5, 0.6) is 0 Å². The van der Waals surface area contributed by atoms with E-state index in [-0.39, 0.29) is 0 Å². The second-order valence-corrected chi connectivity index (χ2v) is 15.2. The predicted molar refractivity (Wildman–Crippen MR) is 259 cm³/mol. The average molecular weight is 797 g/mol. The second-order valence-electron chi connectivity index (χ2n) is 15.2. The smallest absolute Gasteiger partial charge is 0.227 e. The Morgan fingerprint density at radius 1 is 0.323 bits per heavy atom. The lowest BCUT2D eigenvalue weighted by molar-refractivity contribution is 0.620. The number of fused-ring (bicyclic) bond motifs is 5. The van der Waals surface area contributed by atoms with Crippen LogP contribution in [0.1, 0.15) is 0 Å². The van der Waals surface area contributed by atoms with Gasteiger partial charge in [0.15, 0.2) is 5.58 Å². The molecule has 0 N–H and O–H groups in total. The maximum absolute atomic E-state index is 6.37. The minimum atomic E-state index is 0.616. The van der Waals surface area contributed by atoms with Gasteiger partial charge in [0, 0.05) is 61.8 Å². The Morgan fingerprint density at radius 3 is 1.27 bits per heavy atom. The van der Waals surface area contributed by atoms with Crippen molar-refractivity contribution >= 4 is 83.8 Å². The zero-order chi connectivity index (χ0) is 41.2. The van der Waals surface area contributed by atoms with Crippen LogP contribution in [0.2, 0.25) is 0 Å². The second kappa shape index (κ2) is 16.0. The molecule has 0 spiro atoms. The van der Waals surface area contributed by atoms with Gasteiger partial charge in [0.25, 0.3) is 0 Å². The molecule has 0 saturated heterocycles. The van der Waals surface area contributed by atoms with Crippen molar-refractivity contribution in [3.63, 3.8) is 0 Å². The van der Waals surface area contributed by atoms with E-state index in [2.05, 4.69) is 221 Å².